The quantitative estimate of drug-likeness (QED) is 0.821. The summed E-state index contributed by atoms with van der Waals surface area (Å²) in [5.74, 6) is -0.635. The summed E-state index contributed by atoms with van der Waals surface area (Å²) >= 11 is 0. The van der Waals surface area contributed by atoms with Crippen LogP contribution in [0, 0.1) is 17.6 Å². The molecule has 1 amide bonds. The van der Waals surface area contributed by atoms with Crippen LogP contribution in [-0.4, -0.2) is 52.2 Å². The van der Waals surface area contributed by atoms with Gasteiger partial charge in [-0.05, 0) is 37.9 Å². The lowest BCUT2D eigenvalue weighted by molar-refractivity contribution is 0.0737. The highest BCUT2D eigenvalue weighted by Gasteiger charge is 2.23. The Kier molecular flexibility index (Phi) is 5.66. The molecule has 0 N–H and O–H groups in total. The van der Waals surface area contributed by atoms with E-state index in [1.165, 1.54) is 12.1 Å². The molecule has 7 heteroatoms. The fraction of sp³-hybridized carbons (Fsp3) is 0.474. The summed E-state index contributed by atoms with van der Waals surface area (Å²) in [6.45, 7) is 2.88. The summed E-state index contributed by atoms with van der Waals surface area (Å²) in [4.78, 5) is 16.3. The summed E-state index contributed by atoms with van der Waals surface area (Å²) < 4.78 is 28.4. The summed E-state index contributed by atoms with van der Waals surface area (Å²) in [6, 6.07) is 3.74. The van der Waals surface area contributed by atoms with Crippen molar-refractivity contribution in [3.63, 3.8) is 0 Å². The van der Waals surface area contributed by atoms with Crippen LogP contribution in [0.15, 0.2) is 30.6 Å². The van der Waals surface area contributed by atoms with Crippen LogP contribution < -0.4 is 0 Å². The maximum atomic E-state index is 13.8. The van der Waals surface area contributed by atoms with E-state index in [0.29, 0.717) is 30.1 Å². The smallest absolute Gasteiger partial charge is 0.256 e. The largest absolute Gasteiger partial charge is 0.341 e. The minimum Gasteiger partial charge on any atom is -0.341 e. The number of aromatic nitrogens is 2. The first-order valence-electron chi connectivity index (χ1n) is 8.83. The van der Waals surface area contributed by atoms with E-state index in [0.717, 1.165) is 32.0 Å². The standard InChI is InChI=1S/C19H24F2N4O/c1-23(19(26)16-10-22-24(2)12-16)11-14-5-7-25(8-6-14)13-15-3-4-17(20)9-18(15)21/h3-4,9-10,12,14H,5-8,11,13H2,1-2H3. The maximum absolute atomic E-state index is 13.8. The SMILES string of the molecule is CN(CC1CCN(Cc2ccc(F)cc2F)CC1)C(=O)c1cnn(C)c1. The van der Waals surface area contributed by atoms with Gasteiger partial charge in [-0.2, -0.15) is 5.10 Å². The summed E-state index contributed by atoms with van der Waals surface area (Å²) in [7, 11) is 3.60. The second kappa shape index (κ2) is 7.95. The van der Waals surface area contributed by atoms with Crippen LogP contribution in [0.2, 0.25) is 0 Å². The lowest BCUT2D eigenvalue weighted by atomic mass is 9.95. The molecule has 0 atom stereocenters. The molecule has 1 fully saturated rings. The second-order valence-electron chi connectivity index (χ2n) is 7.04. The monoisotopic (exact) mass is 362 g/mol. The molecule has 0 unspecified atom stereocenters. The lowest BCUT2D eigenvalue weighted by Crippen LogP contribution is -2.39. The van der Waals surface area contributed by atoms with Gasteiger partial charge in [0.2, 0.25) is 0 Å². The van der Waals surface area contributed by atoms with Crippen molar-refractivity contribution in [1.29, 1.82) is 0 Å². The number of benzene rings is 1. The number of carbonyl (C=O) groups is 1. The zero-order valence-electron chi connectivity index (χ0n) is 15.2. The highest BCUT2D eigenvalue weighted by molar-refractivity contribution is 5.93. The molecule has 0 aliphatic carbocycles. The van der Waals surface area contributed by atoms with Crippen LogP contribution in [0.3, 0.4) is 0 Å². The van der Waals surface area contributed by atoms with Gasteiger partial charge in [0.05, 0.1) is 11.8 Å². The van der Waals surface area contributed by atoms with E-state index >= 15 is 0 Å². The van der Waals surface area contributed by atoms with Crippen molar-refractivity contribution >= 4 is 5.91 Å². The fourth-order valence-electron chi connectivity index (χ4n) is 3.44. The molecule has 0 radical (unpaired) electrons. The third-order valence-corrected chi connectivity index (χ3v) is 4.95. The zero-order valence-corrected chi connectivity index (χ0v) is 15.2. The van der Waals surface area contributed by atoms with Crippen LogP contribution in [-0.2, 0) is 13.6 Å². The van der Waals surface area contributed by atoms with Gasteiger partial charge >= 0.3 is 0 Å². The Morgan fingerprint density at radius 2 is 2.04 bits per heavy atom. The van der Waals surface area contributed by atoms with E-state index in [2.05, 4.69) is 10.00 Å². The predicted octanol–water partition coefficient (Wildman–Crippen LogP) is 2.68. The number of likely N-dealkylation sites (tertiary alicyclic amines) is 1. The van der Waals surface area contributed by atoms with Gasteiger partial charge < -0.3 is 4.90 Å². The minimum atomic E-state index is -0.550. The van der Waals surface area contributed by atoms with E-state index in [-0.39, 0.29) is 5.91 Å². The van der Waals surface area contributed by atoms with Crippen molar-refractivity contribution in [2.75, 3.05) is 26.7 Å². The average molecular weight is 362 g/mol. The summed E-state index contributed by atoms with van der Waals surface area (Å²) in [5.41, 5.74) is 1.12. The van der Waals surface area contributed by atoms with Crippen LogP contribution >= 0.6 is 0 Å². The molecule has 1 aliphatic heterocycles. The first kappa shape index (κ1) is 18.5. The molecule has 5 nitrogen and oxygen atoms in total. The Balaban J connectivity index is 1.48. The number of hydrogen-bond acceptors (Lipinski definition) is 3. The van der Waals surface area contributed by atoms with E-state index < -0.39 is 11.6 Å². The molecule has 140 valence electrons. The van der Waals surface area contributed by atoms with Crippen molar-refractivity contribution in [3.05, 3.63) is 53.4 Å². The molecular formula is C19H24F2N4O. The topological polar surface area (TPSA) is 41.4 Å². The van der Waals surface area contributed by atoms with Crippen LogP contribution in [0.5, 0.6) is 0 Å². The first-order valence-corrected chi connectivity index (χ1v) is 8.83. The Morgan fingerprint density at radius 3 is 2.65 bits per heavy atom. The molecule has 1 aliphatic rings. The molecule has 3 rings (SSSR count). The molecule has 0 saturated carbocycles. The molecule has 1 saturated heterocycles. The minimum absolute atomic E-state index is 0.0195. The molecule has 1 aromatic carbocycles. The van der Waals surface area contributed by atoms with Crippen molar-refractivity contribution in [1.82, 2.24) is 19.6 Å². The van der Waals surface area contributed by atoms with E-state index in [9.17, 15) is 13.6 Å². The third kappa shape index (κ3) is 4.46. The number of halogens is 2. The Hall–Kier alpha value is -2.28. The van der Waals surface area contributed by atoms with E-state index in [1.807, 2.05) is 7.05 Å². The molecule has 0 bridgehead atoms. The summed E-state index contributed by atoms with van der Waals surface area (Å²) in [6.07, 6.45) is 5.21. The van der Waals surface area contributed by atoms with Gasteiger partial charge in [0.25, 0.3) is 5.91 Å². The highest BCUT2D eigenvalue weighted by atomic mass is 19.1. The van der Waals surface area contributed by atoms with Crippen molar-refractivity contribution < 1.29 is 13.6 Å². The number of piperidine rings is 1. The van der Waals surface area contributed by atoms with Gasteiger partial charge in [-0.15, -0.1) is 0 Å². The van der Waals surface area contributed by atoms with Crippen molar-refractivity contribution in [3.8, 4) is 0 Å². The highest BCUT2D eigenvalue weighted by Crippen LogP contribution is 2.21. The van der Waals surface area contributed by atoms with Gasteiger partial charge in [0, 0.05) is 45.0 Å². The number of rotatable bonds is 5. The molecule has 2 heterocycles. The molecule has 2 aromatic rings. The van der Waals surface area contributed by atoms with Crippen LogP contribution in [0.4, 0.5) is 8.78 Å². The zero-order chi connectivity index (χ0) is 18.7. The number of nitrogens with zero attached hydrogens (tertiary/aromatic N) is 4. The van der Waals surface area contributed by atoms with Crippen LogP contribution in [0.25, 0.3) is 0 Å². The maximum Gasteiger partial charge on any atom is 0.256 e. The van der Waals surface area contributed by atoms with Crippen LogP contribution in [0.1, 0.15) is 28.8 Å². The van der Waals surface area contributed by atoms with Gasteiger partial charge in [-0.25, -0.2) is 8.78 Å². The van der Waals surface area contributed by atoms with Gasteiger partial charge in [0.1, 0.15) is 11.6 Å². The number of carbonyl (C=O) groups excluding carboxylic acids is 1. The van der Waals surface area contributed by atoms with E-state index in [4.69, 9.17) is 0 Å². The normalized spacial score (nSPS) is 16.0. The molecule has 26 heavy (non-hydrogen) atoms. The first-order chi connectivity index (χ1) is 12.4. The Labute approximate surface area is 152 Å². The molecule has 1 aromatic heterocycles. The van der Waals surface area contributed by atoms with Crippen molar-refractivity contribution in [2.45, 2.75) is 19.4 Å². The predicted molar refractivity (Wildman–Crippen MR) is 94.5 cm³/mol. The summed E-state index contributed by atoms with van der Waals surface area (Å²) in [5, 5.41) is 4.04. The molecular weight excluding hydrogens is 338 g/mol. The van der Waals surface area contributed by atoms with Gasteiger partial charge in [-0.3, -0.25) is 14.4 Å². The number of amides is 1. The average Bonchev–Trinajstić information content (AvgIpc) is 3.04. The van der Waals surface area contributed by atoms with Gasteiger partial charge in [-0.1, -0.05) is 6.07 Å². The third-order valence-electron chi connectivity index (χ3n) is 4.95. The fourth-order valence-corrected chi connectivity index (χ4v) is 3.44. The number of aryl methyl sites for hydroxylation is 1. The lowest BCUT2D eigenvalue weighted by Gasteiger charge is -2.33. The second-order valence-corrected chi connectivity index (χ2v) is 7.04. The Morgan fingerprint density at radius 1 is 1.31 bits per heavy atom. The van der Waals surface area contributed by atoms with Gasteiger partial charge in [0.15, 0.2) is 0 Å². The molecule has 0 spiro atoms. The van der Waals surface area contributed by atoms with E-state index in [1.54, 1.807) is 29.0 Å². The Bertz CT molecular complexity index is 769. The van der Waals surface area contributed by atoms with Crippen molar-refractivity contribution in [2.24, 2.45) is 13.0 Å². The number of hydrogen-bond donors (Lipinski definition) is 0.